The van der Waals surface area contributed by atoms with Crippen molar-refractivity contribution in [1.82, 2.24) is 19.2 Å². The molecule has 0 unspecified atom stereocenters. The quantitative estimate of drug-likeness (QED) is 0.729. The van der Waals surface area contributed by atoms with Gasteiger partial charge in [0.25, 0.3) is 0 Å². The fourth-order valence-electron chi connectivity index (χ4n) is 2.21. The number of ether oxygens (including phenoxy) is 1. The molecule has 1 aliphatic rings. The summed E-state index contributed by atoms with van der Waals surface area (Å²) < 4.78 is 31.6. The summed E-state index contributed by atoms with van der Waals surface area (Å²) in [5.41, 5.74) is 0. The zero-order valence-corrected chi connectivity index (χ0v) is 13.5. The van der Waals surface area contributed by atoms with E-state index in [-0.39, 0.29) is 10.2 Å². The maximum atomic E-state index is 12.5. The van der Waals surface area contributed by atoms with Crippen LogP contribution in [0.4, 0.5) is 0 Å². The van der Waals surface area contributed by atoms with Crippen LogP contribution in [0.1, 0.15) is 6.42 Å². The molecule has 0 amide bonds. The van der Waals surface area contributed by atoms with E-state index in [1.54, 1.807) is 7.11 Å². The van der Waals surface area contributed by atoms with Crippen LogP contribution in [-0.4, -0.2) is 74.0 Å². The first-order valence-corrected chi connectivity index (χ1v) is 8.55. The van der Waals surface area contributed by atoms with Crippen LogP contribution in [0.5, 0.6) is 0 Å². The number of hydrogen-bond donors (Lipinski definition) is 0. The van der Waals surface area contributed by atoms with Gasteiger partial charge in [0.15, 0.2) is 0 Å². The summed E-state index contributed by atoms with van der Waals surface area (Å²) >= 11 is 5.59. The average Bonchev–Trinajstić information content (AvgIpc) is 2.71. The first-order chi connectivity index (χ1) is 10.0. The van der Waals surface area contributed by atoms with E-state index < -0.39 is 10.0 Å². The maximum Gasteiger partial charge on any atom is 0.246 e. The van der Waals surface area contributed by atoms with Crippen molar-refractivity contribution in [2.24, 2.45) is 0 Å². The molecule has 1 aliphatic heterocycles. The normalized spacial score (nSPS) is 18.6. The van der Waals surface area contributed by atoms with Crippen LogP contribution in [0, 0.1) is 0 Å². The Bertz CT molecular complexity index is 552. The lowest BCUT2D eigenvalue weighted by molar-refractivity contribution is 0.151. The van der Waals surface area contributed by atoms with Gasteiger partial charge in [-0.1, -0.05) is 0 Å². The second-order valence-corrected chi connectivity index (χ2v) is 7.06. The molecule has 0 bridgehead atoms. The second-order valence-electron chi connectivity index (χ2n) is 4.78. The SMILES string of the molecule is COCCN1CCCN(S(=O)(=O)c2cnc(Cl)nc2)CC1. The first-order valence-electron chi connectivity index (χ1n) is 6.73. The van der Waals surface area contributed by atoms with Crippen LogP contribution < -0.4 is 0 Å². The number of rotatable bonds is 5. The summed E-state index contributed by atoms with van der Waals surface area (Å²) in [6.45, 7) is 3.97. The van der Waals surface area contributed by atoms with Gasteiger partial charge in [0, 0.05) is 33.3 Å². The van der Waals surface area contributed by atoms with E-state index in [0.717, 1.165) is 19.5 Å². The molecule has 0 saturated carbocycles. The molecular weight excluding hydrogens is 316 g/mol. The molecule has 0 spiro atoms. The highest BCUT2D eigenvalue weighted by molar-refractivity contribution is 7.89. The van der Waals surface area contributed by atoms with E-state index in [2.05, 4.69) is 14.9 Å². The summed E-state index contributed by atoms with van der Waals surface area (Å²) in [7, 11) is -1.89. The van der Waals surface area contributed by atoms with Crippen LogP contribution in [0.2, 0.25) is 5.28 Å². The number of methoxy groups -OCH3 is 1. The highest BCUT2D eigenvalue weighted by atomic mass is 35.5. The minimum Gasteiger partial charge on any atom is -0.383 e. The number of hydrogen-bond acceptors (Lipinski definition) is 6. The first kappa shape index (κ1) is 16.6. The molecule has 118 valence electrons. The third-order valence-corrected chi connectivity index (χ3v) is 5.44. The molecular formula is C12H19ClN4O3S. The molecule has 0 aliphatic carbocycles. The van der Waals surface area contributed by atoms with Crippen LogP contribution >= 0.6 is 11.6 Å². The molecule has 2 heterocycles. The van der Waals surface area contributed by atoms with Gasteiger partial charge in [-0.15, -0.1) is 0 Å². The predicted octanol–water partition coefficient (Wildman–Crippen LogP) is 0.473. The molecule has 0 aromatic carbocycles. The van der Waals surface area contributed by atoms with E-state index >= 15 is 0 Å². The predicted molar refractivity (Wildman–Crippen MR) is 78.7 cm³/mol. The third kappa shape index (κ3) is 4.33. The molecule has 21 heavy (non-hydrogen) atoms. The molecule has 9 heteroatoms. The van der Waals surface area contributed by atoms with Crippen LogP contribution in [-0.2, 0) is 14.8 Å². The van der Waals surface area contributed by atoms with Crippen LogP contribution in [0.25, 0.3) is 0 Å². The fourth-order valence-corrected chi connectivity index (χ4v) is 3.67. The lowest BCUT2D eigenvalue weighted by atomic mass is 10.4. The highest BCUT2D eigenvalue weighted by Gasteiger charge is 2.27. The van der Waals surface area contributed by atoms with Gasteiger partial charge in [-0.25, -0.2) is 18.4 Å². The zero-order chi connectivity index (χ0) is 15.3. The molecule has 7 nitrogen and oxygen atoms in total. The molecule has 1 saturated heterocycles. The molecule has 1 fully saturated rings. The Morgan fingerprint density at radius 1 is 1.24 bits per heavy atom. The van der Waals surface area contributed by atoms with E-state index in [1.807, 2.05) is 0 Å². The monoisotopic (exact) mass is 334 g/mol. The Morgan fingerprint density at radius 3 is 2.62 bits per heavy atom. The average molecular weight is 335 g/mol. The Hall–Kier alpha value is -0.800. The van der Waals surface area contributed by atoms with Gasteiger partial charge in [-0.2, -0.15) is 4.31 Å². The van der Waals surface area contributed by atoms with Crippen molar-refractivity contribution in [3.63, 3.8) is 0 Å². The number of aromatic nitrogens is 2. The topological polar surface area (TPSA) is 75.6 Å². The van der Waals surface area contributed by atoms with Crippen LogP contribution in [0.3, 0.4) is 0 Å². The van der Waals surface area contributed by atoms with Gasteiger partial charge < -0.3 is 4.74 Å². The molecule has 0 N–H and O–H groups in total. The molecule has 1 aromatic rings. The molecule has 0 atom stereocenters. The van der Waals surface area contributed by atoms with Crippen molar-refractivity contribution >= 4 is 21.6 Å². The Morgan fingerprint density at radius 2 is 1.95 bits per heavy atom. The second kappa shape index (κ2) is 7.46. The lowest BCUT2D eigenvalue weighted by Gasteiger charge is -2.21. The van der Waals surface area contributed by atoms with E-state index in [9.17, 15) is 8.42 Å². The van der Waals surface area contributed by atoms with Crippen molar-refractivity contribution in [3.05, 3.63) is 17.7 Å². The number of nitrogens with zero attached hydrogens (tertiary/aromatic N) is 4. The molecule has 1 aromatic heterocycles. The molecule has 2 rings (SSSR count). The van der Waals surface area contributed by atoms with Gasteiger partial charge in [-0.3, -0.25) is 4.90 Å². The van der Waals surface area contributed by atoms with E-state index in [4.69, 9.17) is 16.3 Å². The van der Waals surface area contributed by atoms with Crippen molar-refractivity contribution in [2.45, 2.75) is 11.3 Å². The Balaban J connectivity index is 2.05. The van der Waals surface area contributed by atoms with Gasteiger partial charge in [0.2, 0.25) is 15.3 Å². The van der Waals surface area contributed by atoms with Gasteiger partial charge in [0.05, 0.1) is 19.0 Å². The van der Waals surface area contributed by atoms with Crippen molar-refractivity contribution in [2.75, 3.05) is 46.4 Å². The molecule has 0 radical (unpaired) electrons. The van der Waals surface area contributed by atoms with Gasteiger partial charge >= 0.3 is 0 Å². The smallest absolute Gasteiger partial charge is 0.246 e. The minimum absolute atomic E-state index is 0.0376. The van der Waals surface area contributed by atoms with E-state index in [0.29, 0.717) is 26.2 Å². The number of sulfonamides is 1. The van der Waals surface area contributed by atoms with Crippen molar-refractivity contribution in [3.8, 4) is 0 Å². The summed E-state index contributed by atoms with van der Waals surface area (Å²) in [5, 5.41) is 0.0376. The zero-order valence-electron chi connectivity index (χ0n) is 11.9. The largest absolute Gasteiger partial charge is 0.383 e. The van der Waals surface area contributed by atoms with Gasteiger partial charge in [0.1, 0.15) is 4.90 Å². The standard InChI is InChI=1S/C12H19ClN4O3S/c1-20-8-7-16-3-2-4-17(6-5-16)21(18,19)11-9-14-12(13)15-10-11/h9-10H,2-8H2,1H3. The third-order valence-electron chi connectivity index (χ3n) is 3.39. The lowest BCUT2D eigenvalue weighted by Crippen LogP contribution is -2.36. The minimum atomic E-state index is -3.55. The van der Waals surface area contributed by atoms with E-state index in [1.165, 1.54) is 16.7 Å². The van der Waals surface area contributed by atoms with Crippen molar-refractivity contribution < 1.29 is 13.2 Å². The summed E-state index contributed by atoms with van der Waals surface area (Å²) in [5.74, 6) is 0. The fraction of sp³-hybridized carbons (Fsp3) is 0.667. The summed E-state index contributed by atoms with van der Waals surface area (Å²) in [6.07, 6.45) is 3.29. The van der Waals surface area contributed by atoms with Crippen molar-refractivity contribution in [1.29, 1.82) is 0 Å². The number of halogens is 1. The Kier molecular flexibility index (Phi) is 5.88. The summed E-state index contributed by atoms with van der Waals surface area (Å²) in [6, 6.07) is 0. The maximum absolute atomic E-state index is 12.5. The van der Waals surface area contributed by atoms with Crippen LogP contribution in [0.15, 0.2) is 17.3 Å². The Labute approximate surface area is 129 Å². The highest BCUT2D eigenvalue weighted by Crippen LogP contribution is 2.17. The van der Waals surface area contributed by atoms with Gasteiger partial charge in [-0.05, 0) is 24.6 Å². The summed E-state index contributed by atoms with van der Waals surface area (Å²) in [4.78, 5) is 9.77.